The first-order valence-corrected chi connectivity index (χ1v) is 7.10. The second kappa shape index (κ2) is 7.10. The summed E-state index contributed by atoms with van der Waals surface area (Å²) < 4.78 is 1.82. The van der Waals surface area contributed by atoms with Crippen LogP contribution in [0.15, 0.2) is 42.6 Å². The first kappa shape index (κ1) is 13.8. The SMILES string of the molecule is CCCCCCC(O)c1ccnn1-c1ccccc1. The van der Waals surface area contributed by atoms with Crippen LogP contribution in [0.2, 0.25) is 0 Å². The molecule has 19 heavy (non-hydrogen) atoms. The predicted octanol–water partition coefficient (Wildman–Crippen LogP) is 3.88. The van der Waals surface area contributed by atoms with Gasteiger partial charge in [-0.3, -0.25) is 0 Å². The summed E-state index contributed by atoms with van der Waals surface area (Å²) in [7, 11) is 0. The van der Waals surface area contributed by atoms with Crippen LogP contribution in [-0.2, 0) is 0 Å². The molecule has 1 unspecified atom stereocenters. The maximum atomic E-state index is 10.3. The molecule has 0 aliphatic heterocycles. The molecule has 2 aromatic rings. The number of aliphatic hydroxyl groups excluding tert-OH is 1. The summed E-state index contributed by atoms with van der Waals surface area (Å²) >= 11 is 0. The average Bonchev–Trinajstić information content (AvgIpc) is 2.94. The zero-order valence-corrected chi connectivity index (χ0v) is 11.5. The second-order valence-corrected chi connectivity index (χ2v) is 4.87. The maximum Gasteiger partial charge on any atom is 0.0961 e. The number of para-hydroxylation sites is 1. The van der Waals surface area contributed by atoms with Crippen molar-refractivity contribution < 1.29 is 5.11 Å². The molecule has 0 spiro atoms. The minimum atomic E-state index is -0.431. The smallest absolute Gasteiger partial charge is 0.0961 e. The van der Waals surface area contributed by atoms with Gasteiger partial charge in [-0.05, 0) is 24.6 Å². The van der Waals surface area contributed by atoms with E-state index >= 15 is 0 Å². The maximum absolute atomic E-state index is 10.3. The Labute approximate surface area is 114 Å². The Morgan fingerprint density at radius 3 is 2.63 bits per heavy atom. The van der Waals surface area contributed by atoms with Crippen molar-refractivity contribution in [2.75, 3.05) is 0 Å². The second-order valence-electron chi connectivity index (χ2n) is 4.87. The molecule has 0 saturated carbocycles. The van der Waals surface area contributed by atoms with E-state index in [-0.39, 0.29) is 0 Å². The van der Waals surface area contributed by atoms with Gasteiger partial charge in [-0.2, -0.15) is 5.10 Å². The summed E-state index contributed by atoms with van der Waals surface area (Å²) in [5.41, 5.74) is 1.87. The Morgan fingerprint density at radius 2 is 1.89 bits per heavy atom. The molecule has 1 atom stereocenters. The molecular formula is C16H22N2O. The molecule has 0 amide bonds. The summed E-state index contributed by atoms with van der Waals surface area (Å²) in [5, 5.41) is 14.6. The van der Waals surface area contributed by atoms with Gasteiger partial charge >= 0.3 is 0 Å². The van der Waals surface area contributed by atoms with E-state index in [9.17, 15) is 5.11 Å². The standard InChI is InChI=1S/C16H22N2O/c1-2-3-4-8-11-16(19)15-12-13-17-18(15)14-9-6-5-7-10-14/h5-7,9-10,12-13,16,19H,2-4,8,11H2,1H3. The monoisotopic (exact) mass is 258 g/mol. The van der Waals surface area contributed by atoms with Gasteiger partial charge in [-0.25, -0.2) is 4.68 Å². The highest BCUT2D eigenvalue weighted by Crippen LogP contribution is 2.22. The van der Waals surface area contributed by atoms with Crippen LogP contribution >= 0.6 is 0 Å². The van der Waals surface area contributed by atoms with E-state index in [1.54, 1.807) is 6.20 Å². The first-order valence-electron chi connectivity index (χ1n) is 7.10. The third-order valence-corrected chi connectivity index (χ3v) is 3.35. The number of unbranched alkanes of at least 4 members (excludes halogenated alkanes) is 3. The lowest BCUT2D eigenvalue weighted by Gasteiger charge is -2.13. The molecule has 2 rings (SSSR count). The minimum Gasteiger partial charge on any atom is -0.387 e. The van der Waals surface area contributed by atoms with E-state index in [0.717, 1.165) is 24.2 Å². The highest BCUT2D eigenvalue weighted by molar-refractivity contribution is 5.32. The van der Waals surface area contributed by atoms with Crippen LogP contribution in [0.25, 0.3) is 5.69 Å². The van der Waals surface area contributed by atoms with Gasteiger partial charge in [0, 0.05) is 6.20 Å². The molecule has 0 aliphatic rings. The van der Waals surface area contributed by atoms with Gasteiger partial charge in [0.15, 0.2) is 0 Å². The van der Waals surface area contributed by atoms with Crippen LogP contribution in [0.4, 0.5) is 0 Å². The number of hydrogen-bond acceptors (Lipinski definition) is 2. The summed E-state index contributed by atoms with van der Waals surface area (Å²) in [6.07, 6.45) is 6.83. The molecule has 1 heterocycles. The third kappa shape index (κ3) is 3.67. The molecule has 0 fully saturated rings. The normalized spacial score (nSPS) is 12.5. The van der Waals surface area contributed by atoms with E-state index in [1.165, 1.54) is 19.3 Å². The minimum absolute atomic E-state index is 0.431. The van der Waals surface area contributed by atoms with Gasteiger partial charge in [0.05, 0.1) is 17.5 Å². The zero-order valence-electron chi connectivity index (χ0n) is 11.5. The van der Waals surface area contributed by atoms with Crippen LogP contribution < -0.4 is 0 Å². The van der Waals surface area contributed by atoms with Gasteiger partial charge < -0.3 is 5.11 Å². The molecule has 0 radical (unpaired) electrons. The Bertz CT molecular complexity index is 479. The van der Waals surface area contributed by atoms with Crippen LogP contribution in [0, 0.1) is 0 Å². The van der Waals surface area contributed by atoms with Gasteiger partial charge in [-0.15, -0.1) is 0 Å². The number of benzene rings is 1. The van der Waals surface area contributed by atoms with Gasteiger partial charge in [0.1, 0.15) is 0 Å². The van der Waals surface area contributed by atoms with Crippen molar-refractivity contribution in [3.63, 3.8) is 0 Å². The van der Waals surface area contributed by atoms with Crippen molar-refractivity contribution in [2.24, 2.45) is 0 Å². The molecule has 1 aromatic carbocycles. The number of hydrogen-bond donors (Lipinski definition) is 1. The number of aliphatic hydroxyl groups is 1. The topological polar surface area (TPSA) is 38.1 Å². The molecule has 0 bridgehead atoms. The third-order valence-electron chi connectivity index (χ3n) is 3.35. The average molecular weight is 258 g/mol. The van der Waals surface area contributed by atoms with E-state index in [1.807, 2.05) is 41.1 Å². The first-order chi connectivity index (χ1) is 9.33. The Hall–Kier alpha value is -1.61. The van der Waals surface area contributed by atoms with Crippen molar-refractivity contribution in [1.82, 2.24) is 9.78 Å². The van der Waals surface area contributed by atoms with Crippen LogP contribution in [-0.4, -0.2) is 14.9 Å². The van der Waals surface area contributed by atoms with Crippen molar-refractivity contribution in [2.45, 2.75) is 45.1 Å². The van der Waals surface area contributed by atoms with Crippen LogP contribution in [0.5, 0.6) is 0 Å². The zero-order chi connectivity index (χ0) is 13.5. The summed E-state index contributed by atoms with van der Waals surface area (Å²) in [4.78, 5) is 0. The molecular weight excluding hydrogens is 236 g/mol. The fourth-order valence-corrected chi connectivity index (χ4v) is 2.26. The summed E-state index contributed by atoms with van der Waals surface area (Å²) in [5.74, 6) is 0. The Morgan fingerprint density at radius 1 is 1.11 bits per heavy atom. The van der Waals surface area contributed by atoms with Gasteiger partial charge in [0.25, 0.3) is 0 Å². The lowest BCUT2D eigenvalue weighted by Crippen LogP contribution is -2.07. The van der Waals surface area contributed by atoms with E-state index in [4.69, 9.17) is 0 Å². The Balaban J connectivity index is 2.03. The fraction of sp³-hybridized carbons (Fsp3) is 0.438. The highest BCUT2D eigenvalue weighted by Gasteiger charge is 2.13. The lowest BCUT2D eigenvalue weighted by molar-refractivity contribution is 0.156. The van der Waals surface area contributed by atoms with E-state index in [2.05, 4.69) is 12.0 Å². The van der Waals surface area contributed by atoms with Crippen molar-refractivity contribution in [3.05, 3.63) is 48.3 Å². The highest BCUT2D eigenvalue weighted by atomic mass is 16.3. The predicted molar refractivity (Wildman–Crippen MR) is 77.3 cm³/mol. The lowest BCUT2D eigenvalue weighted by atomic mass is 10.1. The molecule has 102 valence electrons. The Kier molecular flexibility index (Phi) is 5.16. The van der Waals surface area contributed by atoms with Crippen molar-refractivity contribution in [1.29, 1.82) is 0 Å². The molecule has 3 heteroatoms. The molecule has 1 aromatic heterocycles. The van der Waals surface area contributed by atoms with Crippen molar-refractivity contribution >= 4 is 0 Å². The van der Waals surface area contributed by atoms with Gasteiger partial charge in [0.2, 0.25) is 0 Å². The molecule has 1 N–H and O–H groups in total. The molecule has 0 aliphatic carbocycles. The quantitative estimate of drug-likeness (QED) is 0.765. The van der Waals surface area contributed by atoms with Gasteiger partial charge in [-0.1, -0.05) is 50.8 Å². The van der Waals surface area contributed by atoms with Crippen LogP contribution in [0.3, 0.4) is 0 Å². The summed E-state index contributed by atoms with van der Waals surface area (Å²) in [6.45, 7) is 2.20. The molecule has 0 saturated heterocycles. The van der Waals surface area contributed by atoms with Crippen LogP contribution in [0.1, 0.15) is 50.8 Å². The molecule has 3 nitrogen and oxygen atoms in total. The number of aromatic nitrogens is 2. The largest absolute Gasteiger partial charge is 0.387 e. The number of nitrogens with zero attached hydrogens (tertiary/aromatic N) is 2. The number of rotatable bonds is 7. The van der Waals surface area contributed by atoms with E-state index in [0.29, 0.717) is 0 Å². The van der Waals surface area contributed by atoms with E-state index < -0.39 is 6.10 Å². The fourth-order valence-electron chi connectivity index (χ4n) is 2.26. The summed E-state index contributed by atoms with van der Waals surface area (Å²) in [6, 6.07) is 11.8. The van der Waals surface area contributed by atoms with Crippen molar-refractivity contribution in [3.8, 4) is 5.69 Å².